The van der Waals surface area contributed by atoms with E-state index in [1.165, 1.54) is 24.1 Å². The van der Waals surface area contributed by atoms with Gasteiger partial charge in [-0.25, -0.2) is 8.78 Å². The SMILES string of the molecule is COc1cc(C(=O)N2CC(C)C[C@@H]2c2ccccc2F)ccc1Br.COc1cc(C(=O)N2CC(O)C[C@@H]2c2ccccc2F)ccc1Br.[Li+].[OH-]. The Morgan fingerprint density at radius 3 is 1.58 bits per heavy atom. The fraction of sp³-hybridized carbons (Fsp3) is 0.297. The summed E-state index contributed by atoms with van der Waals surface area (Å²) < 4.78 is 40.4. The monoisotopic (exact) mass is 808 g/mol. The summed E-state index contributed by atoms with van der Waals surface area (Å²) in [5.74, 6) is 0.490. The van der Waals surface area contributed by atoms with Crippen molar-refractivity contribution in [1.29, 1.82) is 0 Å². The number of hydrogen-bond donors (Lipinski definition) is 1. The van der Waals surface area contributed by atoms with Gasteiger partial charge in [0.05, 0.1) is 41.4 Å². The zero-order valence-corrected chi connectivity index (χ0v) is 31.3. The van der Waals surface area contributed by atoms with Gasteiger partial charge in [0.1, 0.15) is 23.1 Å². The van der Waals surface area contributed by atoms with Crippen molar-refractivity contribution in [1.82, 2.24) is 9.80 Å². The number of likely N-dealkylation sites (tertiary alicyclic amines) is 2. The third kappa shape index (κ3) is 9.15. The molecule has 0 aliphatic carbocycles. The molecule has 4 aromatic rings. The molecule has 2 aliphatic rings. The quantitative estimate of drug-likeness (QED) is 0.269. The van der Waals surface area contributed by atoms with E-state index in [-0.39, 0.29) is 60.4 Å². The minimum Gasteiger partial charge on any atom is -0.870 e. The number of carbonyl (C=O) groups excluding carboxylic acids is 2. The number of nitrogens with zero attached hydrogens (tertiary/aromatic N) is 2. The Balaban J connectivity index is 0.000000260. The number of β-amino-alcohol motifs (C(OH)–C–C–N with tert-alkyl or cyclic N) is 1. The summed E-state index contributed by atoms with van der Waals surface area (Å²) in [6.45, 7) is 2.88. The fourth-order valence-electron chi connectivity index (χ4n) is 6.31. The van der Waals surface area contributed by atoms with Gasteiger partial charge in [-0.05, 0) is 99.2 Å². The minimum absolute atomic E-state index is 0. The van der Waals surface area contributed by atoms with Gasteiger partial charge in [-0.2, -0.15) is 0 Å². The van der Waals surface area contributed by atoms with Gasteiger partial charge in [-0.15, -0.1) is 0 Å². The third-order valence-electron chi connectivity index (χ3n) is 8.64. The number of amides is 2. The molecule has 2 heterocycles. The topological polar surface area (TPSA) is 109 Å². The molecule has 0 spiro atoms. The molecule has 0 saturated carbocycles. The van der Waals surface area contributed by atoms with Crippen LogP contribution >= 0.6 is 31.9 Å². The summed E-state index contributed by atoms with van der Waals surface area (Å²) in [5.41, 5.74) is 1.99. The molecule has 8 nitrogen and oxygen atoms in total. The number of rotatable bonds is 6. The molecule has 0 aromatic heterocycles. The van der Waals surface area contributed by atoms with Crippen LogP contribution in [0.5, 0.6) is 11.5 Å². The molecule has 13 heteroatoms. The van der Waals surface area contributed by atoms with E-state index < -0.39 is 12.1 Å². The Morgan fingerprint density at radius 1 is 0.720 bits per heavy atom. The van der Waals surface area contributed by atoms with Crippen molar-refractivity contribution < 1.29 is 57.3 Å². The maximum Gasteiger partial charge on any atom is 1.00 e. The largest absolute Gasteiger partial charge is 1.00 e. The van der Waals surface area contributed by atoms with E-state index in [2.05, 4.69) is 38.8 Å². The average Bonchev–Trinajstić information content (AvgIpc) is 3.67. The van der Waals surface area contributed by atoms with E-state index in [1.54, 1.807) is 78.7 Å². The fourth-order valence-corrected chi connectivity index (χ4v) is 7.12. The Bertz CT molecular complexity index is 1670. The second kappa shape index (κ2) is 18.3. The van der Waals surface area contributed by atoms with Crippen LogP contribution in [0.15, 0.2) is 93.9 Å². The number of carbonyl (C=O) groups is 2. The Labute approximate surface area is 319 Å². The summed E-state index contributed by atoms with van der Waals surface area (Å²) in [6.07, 6.45) is 0.414. The molecule has 4 atom stereocenters. The predicted octanol–water partition coefficient (Wildman–Crippen LogP) is 5.19. The van der Waals surface area contributed by atoms with E-state index in [4.69, 9.17) is 9.47 Å². The van der Waals surface area contributed by atoms with E-state index in [0.717, 1.165) is 15.4 Å². The standard InChI is InChI=1S/C19H19BrFNO2.C18H17BrFNO3.Li.H2O/c1-12-9-17(14-5-3-4-6-16(14)21)22(11-12)19(23)13-7-8-15(20)18(10-13)24-2;1-24-17-8-11(6-7-14(17)19)18(23)21-10-12(22)9-16(21)13-4-2-3-5-15(13)20;;/h3-8,10,12,17H,9,11H2,1-2H3;2-8,12,16,22H,9-10H2,1H3;;1H2/q;;+1;/p-1/t12?,17-;12?,16-;;/m11../s1. The molecule has 0 radical (unpaired) electrons. The van der Waals surface area contributed by atoms with Gasteiger partial charge in [-0.1, -0.05) is 43.3 Å². The van der Waals surface area contributed by atoms with Crippen LogP contribution in [0.1, 0.15) is 63.7 Å². The molecule has 50 heavy (non-hydrogen) atoms. The summed E-state index contributed by atoms with van der Waals surface area (Å²) in [4.78, 5) is 29.2. The molecular weight excluding hydrogens is 773 g/mol. The summed E-state index contributed by atoms with van der Waals surface area (Å²) in [6, 6.07) is 22.7. The molecule has 260 valence electrons. The van der Waals surface area contributed by atoms with Crippen molar-refractivity contribution >= 4 is 43.7 Å². The van der Waals surface area contributed by atoms with Gasteiger partial charge in [-0.3, -0.25) is 9.59 Å². The van der Waals surface area contributed by atoms with Gasteiger partial charge in [0, 0.05) is 35.3 Å². The first-order chi connectivity index (χ1) is 23.0. The van der Waals surface area contributed by atoms with E-state index in [1.807, 2.05) is 6.07 Å². The first kappa shape index (κ1) is 41.2. The maximum atomic E-state index is 14.2. The van der Waals surface area contributed by atoms with Gasteiger partial charge >= 0.3 is 18.9 Å². The van der Waals surface area contributed by atoms with E-state index in [9.17, 15) is 23.5 Å². The van der Waals surface area contributed by atoms with Crippen LogP contribution in [-0.4, -0.2) is 65.6 Å². The van der Waals surface area contributed by atoms with Crippen molar-refractivity contribution in [2.24, 2.45) is 5.92 Å². The average molecular weight is 810 g/mol. The van der Waals surface area contributed by atoms with Crippen LogP contribution < -0.4 is 28.3 Å². The summed E-state index contributed by atoms with van der Waals surface area (Å²) in [7, 11) is 3.09. The van der Waals surface area contributed by atoms with Crippen molar-refractivity contribution in [3.63, 3.8) is 0 Å². The molecule has 2 aliphatic heterocycles. The van der Waals surface area contributed by atoms with Gasteiger partial charge in [0.2, 0.25) is 0 Å². The zero-order chi connectivity index (χ0) is 34.5. The first-order valence-corrected chi connectivity index (χ1v) is 17.1. The van der Waals surface area contributed by atoms with E-state index >= 15 is 0 Å². The number of aliphatic hydroxyl groups excluding tert-OH is 1. The van der Waals surface area contributed by atoms with Crippen LogP contribution in [-0.2, 0) is 0 Å². The van der Waals surface area contributed by atoms with Crippen molar-refractivity contribution in [2.75, 3.05) is 27.3 Å². The Hall–Kier alpha value is -3.24. The predicted molar refractivity (Wildman–Crippen MR) is 188 cm³/mol. The molecule has 0 bridgehead atoms. The van der Waals surface area contributed by atoms with Gasteiger partial charge in [0.15, 0.2) is 0 Å². The molecule has 4 aromatic carbocycles. The molecule has 2 unspecified atom stereocenters. The number of halogens is 4. The van der Waals surface area contributed by atoms with Crippen molar-refractivity contribution in [2.45, 2.75) is 38.0 Å². The van der Waals surface area contributed by atoms with Gasteiger partial charge in [0.25, 0.3) is 11.8 Å². The minimum atomic E-state index is -0.670. The number of benzene rings is 4. The maximum absolute atomic E-state index is 14.2. The smallest absolute Gasteiger partial charge is 0.870 e. The van der Waals surface area contributed by atoms with Gasteiger partial charge < -0.3 is 29.9 Å². The molecule has 2 saturated heterocycles. The number of methoxy groups -OCH3 is 2. The van der Waals surface area contributed by atoms with E-state index in [0.29, 0.717) is 52.6 Å². The summed E-state index contributed by atoms with van der Waals surface area (Å²) in [5, 5.41) is 10.0. The number of aliphatic hydroxyl groups is 1. The molecular formula is C37H37Br2F2LiN2O6. The van der Waals surface area contributed by atoms with Crippen molar-refractivity contribution in [3.8, 4) is 11.5 Å². The molecule has 2 fully saturated rings. The second-order valence-corrected chi connectivity index (χ2v) is 13.6. The van der Waals surface area contributed by atoms with Crippen molar-refractivity contribution in [3.05, 3.63) is 128 Å². The normalized spacial score (nSPS) is 19.4. The first-order valence-electron chi connectivity index (χ1n) is 15.5. The number of ether oxygens (including phenoxy) is 2. The van der Waals surface area contributed by atoms with Crippen LogP contribution in [0.25, 0.3) is 0 Å². The number of hydrogen-bond acceptors (Lipinski definition) is 6. The molecule has 2 N–H and O–H groups in total. The Kier molecular flexibility index (Phi) is 15.1. The van der Waals surface area contributed by atoms with Crippen LogP contribution in [0.3, 0.4) is 0 Å². The summed E-state index contributed by atoms with van der Waals surface area (Å²) >= 11 is 6.74. The van der Waals surface area contributed by atoms with Crippen LogP contribution in [0, 0.1) is 17.6 Å². The molecule has 6 rings (SSSR count). The van der Waals surface area contributed by atoms with Crippen LogP contribution in [0.2, 0.25) is 0 Å². The molecule has 2 amide bonds. The third-order valence-corrected chi connectivity index (χ3v) is 9.95. The Morgan fingerprint density at radius 2 is 1.14 bits per heavy atom. The van der Waals surface area contributed by atoms with Crippen LogP contribution in [0.4, 0.5) is 8.78 Å². The second-order valence-electron chi connectivity index (χ2n) is 11.9. The zero-order valence-electron chi connectivity index (χ0n) is 28.2.